The van der Waals surface area contributed by atoms with Gasteiger partial charge in [0, 0.05) is 31.6 Å². The number of nitrogens with zero attached hydrogens (tertiary/aromatic N) is 3. The average Bonchev–Trinajstić information content (AvgIpc) is 3.88. The number of rotatable bonds is 5. The van der Waals surface area contributed by atoms with Crippen LogP contribution in [0.25, 0.3) is 5.65 Å². The van der Waals surface area contributed by atoms with Crippen LogP contribution in [0.1, 0.15) is 106 Å². The molecule has 7 heteroatoms. The van der Waals surface area contributed by atoms with Crippen molar-refractivity contribution < 1.29 is 14.4 Å². The molecule has 1 spiro atoms. The fraction of sp³-hybridized carbons (Fsp3) is 0.636. The smallest absolute Gasteiger partial charge is 0.274 e. The molecule has 2 aromatic heterocycles. The number of hydrogen-bond donors (Lipinski definition) is 1. The predicted molar refractivity (Wildman–Crippen MR) is 158 cm³/mol. The van der Waals surface area contributed by atoms with Crippen LogP contribution in [-0.2, 0) is 4.79 Å². The molecule has 2 aromatic rings. The number of piperidine rings is 1. The molecule has 216 valence electrons. The molecule has 0 radical (unpaired) electrons. The minimum Gasteiger partial charge on any atom is -0.369 e. The summed E-state index contributed by atoms with van der Waals surface area (Å²) >= 11 is 0. The number of nitrogens with two attached hydrogens (primary N) is 1. The van der Waals surface area contributed by atoms with Gasteiger partial charge in [-0.2, -0.15) is 0 Å². The molecular weight excluding hydrogens is 500 g/mol. The summed E-state index contributed by atoms with van der Waals surface area (Å²) < 4.78 is 1.59. The first-order chi connectivity index (χ1) is 19.4. The summed E-state index contributed by atoms with van der Waals surface area (Å²) in [6.07, 6.45) is 13.7. The van der Waals surface area contributed by atoms with E-state index >= 15 is 0 Å². The van der Waals surface area contributed by atoms with Gasteiger partial charge in [-0.05, 0) is 93.1 Å². The van der Waals surface area contributed by atoms with E-state index in [1.807, 2.05) is 20.8 Å². The Hall–Kier alpha value is -3.14. The quantitative estimate of drug-likeness (QED) is 0.381. The van der Waals surface area contributed by atoms with Crippen LogP contribution in [0.3, 0.4) is 0 Å². The van der Waals surface area contributed by atoms with Crippen molar-refractivity contribution in [3.05, 3.63) is 35.8 Å². The number of pyridine rings is 1. The summed E-state index contributed by atoms with van der Waals surface area (Å²) in [7, 11) is 0. The highest BCUT2D eigenvalue weighted by Crippen LogP contribution is 2.73. The molecule has 3 heterocycles. The molecule has 5 atom stereocenters. The highest BCUT2D eigenvalue weighted by atomic mass is 16.2. The van der Waals surface area contributed by atoms with Gasteiger partial charge in [-0.25, -0.2) is 4.98 Å². The Morgan fingerprint density at radius 2 is 1.90 bits per heavy atom. The van der Waals surface area contributed by atoms with E-state index in [2.05, 4.69) is 23.7 Å². The Morgan fingerprint density at radius 3 is 2.52 bits per heavy atom. The molecule has 4 unspecified atom stereocenters. The molecule has 4 aliphatic rings. The van der Waals surface area contributed by atoms with Gasteiger partial charge in [-0.3, -0.25) is 18.8 Å². The number of primary amides is 1. The number of fused-ring (bicyclic) bond motifs is 3. The minimum absolute atomic E-state index is 0.160. The summed E-state index contributed by atoms with van der Waals surface area (Å²) in [5, 5.41) is 0. The Morgan fingerprint density at radius 1 is 1.15 bits per heavy atom. The van der Waals surface area contributed by atoms with Crippen molar-refractivity contribution in [3.63, 3.8) is 0 Å². The van der Waals surface area contributed by atoms with Crippen molar-refractivity contribution >= 4 is 23.7 Å². The van der Waals surface area contributed by atoms with Crippen LogP contribution in [-0.4, -0.2) is 45.5 Å². The summed E-state index contributed by atoms with van der Waals surface area (Å²) in [5.41, 5.74) is 7.40. The summed E-state index contributed by atoms with van der Waals surface area (Å²) in [6, 6.07) is 5.12. The topological polar surface area (TPSA) is 97.8 Å². The maximum Gasteiger partial charge on any atom is 0.274 e. The number of carbonyl (C=O) groups is 3. The number of likely N-dealkylation sites (tertiary alicyclic amines) is 1. The van der Waals surface area contributed by atoms with Crippen molar-refractivity contribution in [1.82, 2.24) is 14.3 Å². The van der Waals surface area contributed by atoms with E-state index in [-0.39, 0.29) is 17.7 Å². The van der Waals surface area contributed by atoms with Gasteiger partial charge in [-0.1, -0.05) is 33.3 Å². The maximum absolute atomic E-state index is 12.5. The zero-order valence-electron chi connectivity index (χ0n) is 24.7. The van der Waals surface area contributed by atoms with E-state index in [0.717, 1.165) is 35.4 Å². The molecule has 4 fully saturated rings. The molecule has 1 saturated heterocycles. The van der Waals surface area contributed by atoms with E-state index in [9.17, 15) is 14.4 Å². The van der Waals surface area contributed by atoms with E-state index in [0.29, 0.717) is 43.0 Å². The molecule has 2 N–H and O–H groups in total. The molecule has 6 rings (SSSR count). The monoisotopic (exact) mass is 546 g/mol. The second kappa shape index (κ2) is 13.0. The highest BCUT2D eigenvalue weighted by Gasteiger charge is 2.65. The second-order valence-electron chi connectivity index (χ2n) is 11.8. The van der Waals surface area contributed by atoms with Gasteiger partial charge >= 0.3 is 0 Å². The third-order valence-electron chi connectivity index (χ3n) is 9.66. The van der Waals surface area contributed by atoms with Crippen molar-refractivity contribution in [2.45, 2.75) is 85.5 Å². The number of aldehydes is 1. The van der Waals surface area contributed by atoms with Crippen LogP contribution >= 0.6 is 0 Å². The largest absolute Gasteiger partial charge is 0.369 e. The van der Waals surface area contributed by atoms with Crippen LogP contribution in [0.5, 0.6) is 0 Å². The number of hydrogen-bond acceptors (Lipinski definition) is 4. The lowest BCUT2D eigenvalue weighted by Gasteiger charge is -2.29. The number of amides is 2. The van der Waals surface area contributed by atoms with Gasteiger partial charge in [0.25, 0.3) is 5.91 Å². The van der Waals surface area contributed by atoms with Crippen LogP contribution in [0.4, 0.5) is 0 Å². The van der Waals surface area contributed by atoms with Gasteiger partial charge < -0.3 is 10.6 Å². The SMILES string of the molecule is CC.CC#CCC1CCC2C[C@@H]2C2(C1)CC2CC.NC(=O)C1CCN(C(=O)c2cn3c(C=O)cccc3n2)CC1. The lowest BCUT2D eigenvalue weighted by atomic mass is 9.84. The lowest BCUT2D eigenvalue weighted by molar-refractivity contribution is -0.123. The molecule has 2 amide bonds. The normalized spacial score (nSPS) is 28.4. The van der Waals surface area contributed by atoms with Gasteiger partial charge in [0.15, 0.2) is 6.29 Å². The van der Waals surface area contributed by atoms with E-state index in [1.165, 1.54) is 32.1 Å². The lowest BCUT2D eigenvalue weighted by Crippen LogP contribution is -2.41. The number of carbonyl (C=O) groups excluding carboxylic acids is 3. The number of imidazole rings is 1. The molecule has 0 bridgehead atoms. The van der Waals surface area contributed by atoms with Gasteiger partial charge in [-0.15, -0.1) is 11.8 Å². The highest BCUT2D eigenvalue weighted by molar-refractivity contribution is 5.93. The van der Waals surface area contributed by atoms with Crippen LogP contribution in [0, 0.1) is 46.8 Å². The zero-order valence-corrected chi connectivity index (χ0v) is 24.7. The standard InChI is InChI=1S/C16H24.C15H16N4O3.C2H6/c1-3-5-6-12-7-8-13-9-15(13)16(10-12)11-14(16)4-2;16-14(21)10-4-6-18(7-5-10)15(22)12-8-19-11(9-20)2-1-3-13(19)17-12;1-2/h12-15H,4,6-11H2,1-2H3;1-3,8-10H,4-7H2,(H2,16,21);1-2H3/t12?,13?,14?,15-,16?;;/m0../s1. The summed E-state index contributed by atoms with van der Waals surface area (Å²) in [5.74, 6) is 10.0. The molecule has 1 aliphatic heterocycles. The average molecular weight is 547 g/mol. The van der Waals surface area contributed by atoms with E-state index < -0.39 is 0 Å². The molecule has 3 aliphatic carbocycles. The third kappa shape index (κ3) is 6.27. The zero-order chi connectivity index (χ0) is 28.9. The Labute approximate surface area is 239 Å². The molecular formula is C33H46N4O3. The van der Waals surface area contributed by atoms with Crippen LogP contribution in [0.2, 0.25) is 0 Å². The third-order valence-corrected chi connectivity index (χ3v) is 9.66. The maximum atomic E-state index is 12.5. The van der Waals surface area contributed by atoms with Crippen LogP contribution < -0.4 is 5.73 Å². The summed E-state index contributed by atoms with van der Waals surface area (Å²) in [6.45, 7) is 9.35. The van der Waals surface area contributed by atoms with Gasteiger partial charge in [0.2, 0.25) is 5.91 Å². The Balaban J connectivity index is 0.000000181. The van der Waals surface area contributed by atoms with Crippen molar-refractivity contribution in [3.8, 4) is 11.8 Å². The van der Waals surface area contributed by atoms with E-state index in [4.69, 9.17) is 5.73 Å². The molecule has 40 heavy (non-hydrogen) atoms. The summed E-state index contributed by atoms with van der Waals surface area (Å²) in [4.78, 5) is 40.6. The minimum atomic E-state index is -0.310. The molecule has 7 nitrogen and oxygen atoms in total. The fourth-order valence-corrected chi connectivity index (χ4v) is 7.35. The second-order valence-corrected chi connectivity index (χ2v) is 11.8. The first-order valence-electron chi connectivity index (χ1n) is 15.3. The predicted octanol–water partition coefficient (Wildman–Crippen LogP) is 5.76. The van der Waals surface area contributed by atoms with Crippen LogP contribution in [0.15, 0.2) is 24.4 Å². The van der Waals surface area contributed by atoms with Crippen molar-refractivity contribution in [2.24, 2.45) is 40.7 Å². The van der Waals surface area contributed by atoms with E-state index in [1.54, 1.807) is 46.5 Å². The van der Waals surface area contributed by atoms with Crippen molar-refractivity contribution in [1.29, 1.82) is 0 Å². The first-order valence-corrected chi connectivity index (χ1v) is 15.3. The van der Waals surface area contributed by atoms with Gasteiger partial charge in [0.05, 0.1) is 5.69 Å². The molecule has 0 aromatic carbocycles. The molecule has 3 saturated carbocycles. The first kappa shape index (κ1) is 29.8. The Bertz CT molecular complexity index is 1270. The number of aromatic nitrogens is 2. The van der Waals surface area contributed by atoms with Crippen molar-refractivity contribution in [2.75, 3.05) is 13.1 Å². The fourth-order valence-electron chi connectivity index (χ4n) is 7.35. The Kier molecular flexibility index (Phi) is 9.71. The van der Waals surface area contributed by atoms with Gasteiger partial charge in [0.1, 0.15) is 11.3 Å².